The topological polar surface area (TPSA) is 92.5 Å². The van der Waals surface area contributed by atoms with Crippen LogP contribution in [0.5, 0.6) is 0 Å². The van der Waals surface area contributed by atoms with Gasteiger partial charge in [0, 0.05) is 24.6 Å². The third-order valence-electron chi connectivity index (χ3n) is 6.22. The number of hydrogen-bond acceptors (Lipinski definition) is 5. The standard InChI is InChI=1S/C22H31N3O4S/c1-13-11-14(2)16(4)22(15(13)3)30(27,28)24-19-7-8-21(26)25(10-9-19)12-20-17(5)23-29-18(20)6/h11,19,24H,7-10,12H2,1-6H3. The Bertz CT molecular complexity index is 1030. The van der Waals surface area contributed by atoms with Crippen molar-refractivity contribution in [3.63, 3.8) is 0 Å². The first-order chi connectivity index (χ1) is 14.0. The second-order valence-electron chi connectivity index (χ2n) is 8.35. The fourth-order valence-electron chi connectivity index (χ4n) is 4.10. The molecule has 0 spiro atoms. The molecule has 1 saturated heterocycles. The highest BCUT2D eigenvalue weighted by Gasteiger charge is 2.29. The Morgan fingerprint density at radius 1 is 1.10 bits per heavy atom. The van der Waals surface area contributed by atoms with Crippen molar-refractivity contribution < 1.29 is 17.7 Å². The lowest BCUT2D eigenvalue weighted by Gasteiger charge is -2.22. The molecule has 1 atom stereocenters. The molecule has 1 N–H and O–H groups in total. The van der Waals surface area contributed by atoms with E-state index in [1.165, 1.54) is 0 Å². The lowest BCUT2D eigenvalue weighted by molar-refractivity contribution is -0.131. The number of aromatic nitrogens is 1. The van der Waals surface area contributed by atoms with Crippen molar-refractivity contribution in [1.82, 2.24) is 14.8 Å². The van der Waals surface area contributed by atoms with Gasteiger partial charge < -0.3 is 9.42 Å². The molecule has 0 bridgehead atoms. The van der Waals surface area contributed by atoms with Crippen molar-refractivity contribution in [3.05, 3.63) is 45.3 Å². The maximum atomic E-state index is 13.2. The van der Waals surface area contributed by atoms with Crippen molar-refractivity contribution in [2.75, 3.05) is 6.54 Å². The summed E-state index contributed by atoms with van der Waals surface area (Å²) in [6.45, 7) is 12.2. The number of rotatable bonds is 5. The number of nitrogens with zero attached hydrogens (tertiary/aromatic N) is 2. The average molecular weight is 434 g/mol. The van der Waals surface area contributed by atoms with Crippen molar-refractivity contribution in [2.45, 2.75) is 78.3 Å². The summed E-state index contributed by atoms with van der Waals surface area (Å²) >= 11 is 0. The molecule has 1 aliphatic rings. The molecule has 1 aromatic carbocycles. The fourth-order valence-corrected chi connectivity index (χ4v) is 6.02. The largest absolute Gasteiger partial charge is 0.361 e. The van der Waals surface area contributed by atoms with Gasteiger partial charge in [0.15, 0.2) is 0 Å². The van der Waals surface area contributed by atoms with Crippen LogP contribution in [0.2, 0.25) is 0 Å². The molecule has 0 saturated carbocycles. The molecule has 1 fully saturated rings. The molecule has 164 valence electrons. The smallest absolute Gasteiger partial charge is 0.241 e. The zero-order chi connectivity index (χ0) is 22.2. The van der Waals surface area contributed by atoms with Crippen LogP contribution in [0.4, 0.5) is 0 Å². The van der Waals surface area contributed by atoms with Gasteiger partial charge in [-0.25, -0.2) is 13.1 Å². The Kier molecular flexibility index (Phi) is 6.38. The lowest BCUT2D eigenvalue weighted by Crippen LogP contribution is -2.36. The Hall–Kier alpha value is -2.19. The van der Waals surface area contributed by atoms with Crippen LogP contribution in [-0.4, -0.2) is 37.0 Å². The summed E-state index contributed by atoms with van der Waals surface area (Å²) in [4.78, 5) is 14.8. The molecule has 7 nitrogen and oxygen atoms in total. The summed E-state index contributed by atoms with van der Waals surface area (Å²) in [7, 11) is -3.69. The van der Waals surface area contributed by atoms with Crippen LogP contribution in [0, 0.1) is 41.5 Å². The molecule has 8 heteroatoms. The number of carbonyl (C=O) groups excluding carboxylic acids is 1. The number of aryl methyl sites for hydroxylation is 4. The summed E-state index contributed by atoms with van der Waals surface area (Å²) < 4.78 is 34.5. The molecule has 2 heterocycles. The van der Waals surface area contributed by atoms with Crippen LogP contribution in [0.25, 0.3) is 0 Å². The number of nitrogens with one attached hydrogen (secondary N) is 1. The van der Waals surface area contributed by atoms with E-state index in [0.717, 1.165) is 33.5 Å². The number of carbonyl (C=O) groups is 1. The monoisotopic (exact) mass is 433 g/mol. The van der Waals surface area contributed by atoms with Crippen molar-refractivity contribution in [2.24, 2.45) is 0 Å². The predicted octanol–water partition coefficient (Wildman–Crippen LogP) is 3.38. The van der Waals surface area contributed by atoms with Crippen LogP contribution in [0.3, 0.4) is 0 Å². The van der Waals surface area contributed by atoms with Gasteiger partial charge in [-0.1, -0.05) is 11.2 Å². The second kappa shape index (κ2) is 8.51. The van der Waals surface area contributed by atoms with Crippen LogP contribution >= 0.6 is 0 Å². The molecule has 1 amide bonds. The average Bonchev–Trinajstić information content (AvgIpc) is 2.87. The molecule has 0 radical (unpaired) electrons. The summed E-state index contributed by atoms with van der Waals surface area (Å²) in [6.07, 6.45) is 1.36. The van der Waals surface area contributed by atoms with E-state index in [9.17, 15) is 13.2 Å². The van der Waals surface area contributed by atoms with E-state index in [2.05, 4.69) is 9.88 Å². The van der Waals surface area contributed by atoms with Crippen molar-refractivity contribution in [1.29, 1.82) is 0 Å². The van der Waals surface area contributed by atoms with E-state index in [0.29, 0.717) is 43.0 Å². The number of amides is 1. The number of hydrogen-bond donors (Lipinski definition) is 1. The zero-order valence-electron chi connectivity index (χ0n) is 18.6. The molecule has 0 aliphatic carbocycles. The minimum Gasteiger partial charge on any atom is -0.361 e. The molecule has 1 aliphatic heterocycles. The van der Waals surface area contributed by atoms with Gasteiger partial charge in [0.25, 0.3) is 0 Å². The predicted molar refractivity (Wildman–Crippen MR) is 115 cm³/mol. The van der Waals surface area contributed by atoms with Gasteiger partial charge in [-0.3, -0.25) is 4.79 Å². The molecular weight excluding hydrogens is 402 g/mol. The van der Waals surface area contributed by atoms with E-state index in [1.807, 2.05) is 47.6 Å². The van der Waals surface area contributed by atoms with Crippen LogP contribution in [-0.2, 0) is 21.4 Å². The highest BCUT2D eigenvalue weighted by atomic mass is 32.2. The number of sulfonamides is 1. The Labute approximate surface area is 178 Å². The summed E-state index contributed by atoms with van der Waals surface area (Å²) in [5, 5.41) is 3.95. The van der Waals surface area contributed by atoms with Gasteiger partial charge >= 0.3 is 0 Å². The minimum absolute atomic E-state index is 0.0236. The van der Waals surface area contributed by atoms with E-state index < -0.39 is 10.0 Å². The first kappa shape index (κ1) is 22.5. The normalized spacial score (nSPS) is 18.0. The molecule has 1 aromatic heterocycles. The molecule has 3 rings (SSSR count). The van der Waals surface area contributed by atoms with Crippen molar-refractivity contribution >= 4 is 15.9 Å². The number of benzene rings is 1. The molecule has 30 heavy (non-hydrogen) atoms. The first-order valence-electron chi connectivity index (χ1n) is 10.3. The summed E-state index contributed by atoms with van der Waals surface area (Å²) in [5.41, 5.74) is 5.16. The van der Waals surface area contributed by atoms with Crippen LogP contribution < -0.4 is 4.72 Å². The highest BCUT2D eigenvalue weighted by molar-refractivity contribution is 7.89. The minimum atomic E-state index is -3.69. The van der Waals surface area contributed by atoms with Gasteiger partial charge in [-0.15, -0.1) is 0 Å². The van der Waals surface area contributed by atoms with Gasteiger partial charge in [0.1, 0.15) is 5.76 Å². The first-order valence-corrected chi connectivity index (χ1v) is 11.8. The lowest BCUT2D eigenvalue weighted by atomic mass is 10.0. The quantitative estimate of drug-likeness (QED) is 0.780. The molecule has 1 unspecified atom stereocenters. The molecular formula is C22H31N3O4S. The maximum absolute atomic E-state index is 13.2. The van der Waals surface area contributed by atoms with Gasteiger partial charge in [0.05, 0.1) is 17.1 Å². The van der Waals surface area contributed by atoms with E-state index in [4.69, 9.17) is 4.52 Å². The fraction of sp³-hybridized carbons (Fsp3) is 0.545. The zero-order valence-corrected chi connectivity index (χ0v) is 19.4. The van der Waals surface area contributed by atoms with E-state index in [-0.39, 0.29) is 11.9 Å². The van der Waals surface area contributed by atoms with Crippen LogP contribution in [0.1, 0.15) is 58.5 Å². The van der Waals surface area contributed by atoms with E-state index in [1.54, 1.807) is 4.90 Å². The van der Waals surface area contributed by atoms with E-state index >= 15 is 0 Å². The maximum Gasteiger partial charge on any atom is 0.241 e. The SMILES string of the molecule is Cc1cc(C)c(C)c(S(=O)(=O)NC2CCC(=O)N(Cc3c(C)noc3C)CC2)c1C. The van der Waals surface area contributed by atoms with Gasteiger partial charge in [-0.2, -0.15) is 0 Å². The Morgan fingerprint density at radius 2 is 1.73 bits per heavy atom. The number of likely N-dealkylation sites (tertiary alicyclic amines) is 1. The third-order valence-corrected chi connectivity index (χ3v) is 8.02. The van der Waals surface area contributed by atoms with Gasteiger partial charge in [-0.05, 0) is 76.6 Å². The van der Waals surface area contributed by atoms with Crippen molar-refractivity contribution in [3.8, 4) is 0 Å². The summed E-state index contributed by atoms with van der Waals surface area (Å²) in [5.74, 6) is 0.734. The molecule has 2 aromatic rings. The van der Waals surface area contributed by atoms with Crippen LogP contribution in [0.15, 0.2) is 15.5 Å². The summed E-state index contributed by atoms with van der Waals surface area (Å²) in [6, 6.07) is 1.73. The third kappa shape index (κ3) is 4.44. The Balaban J connectivity index is 1.77. The second-order valence-corrected chi connectivity index (χ2v) is 10.0. The highest BCUT2D eigenvalue weighted by Crippen LogP contribution is 2.27. The Morgan fingerprint density at radius 3 is 2.30 bits per heavy atom. The van der Waals surface area contributed by atoms with Gasteiger partial charge in [0.2, 0.25) is 15.9 Å².